The van der Waals surface area contributed by atoms with Crippen LogP contribution in [0.1, 0.15) is 5.56 Å². The van der Waals surface area contributed by atoms with Crippen LogP contribution in [0.15, 0.2) is 23.1 Å². The first-order valence-corrected chi connectivity index (χ1v) is 7.36. The summed E-state index contributed by atoms with van der Waals surface area (Å²) in [5, 5.41) is 0. The summed E-state index contributed by atoms with van der Waals surface area (Å²) >= 11 is 0. The monoisotopic (exact) mass is 312 g/mol. The van der Waals surface area contributed by atoms with E-state index in [4.69, 9.17) is 10.5 Å². The highest BCUT2D eigenvalue weighted by atomic mass is 32.2. The maximum absolute atomic E-state index is 12.2. The highest BCUT2D eigenvalue weighted by Gasteiger charge is 2.21. The van der Waals surface area contributed by atoms with E-state index in [0.29, 0.717) is 5.56 Å². The molecule has 1 rings (SSSR count). The molecule has 0 amide bonds. The first kappa shape index (κ1) is 17.0. The number of benzene rings is 1. The molecule has 0 atom stereocenters. The molecular formula is C13H16N2O5S. The number of ether oxygens (including phenoxy) is 2. The maximum Gasteiger partial charge on any atom is 0.320 e. The Hall–Kier alpha value is -2.08. The molecule has 3 N–H and O–H groups in total. The number of sulfonamides is 1. The molecule has 0 bridgehead atoms. The molecule has 114 valence electrons. The van der Waals surface area contributed by atoms with Crippen molar-refractivity contribution in [1.29, 1.82) is 0 Å². The molecule has 0 saturated carbocycles. The molecule has 0 spiro atoms. The number of esters is 1. The molecule has 0 aromatic heterocycles. The first-order chi connectivity index (χ1) is 9.94. The standard InChI is InChI=1S/C13H16N2O5S/c1-19-11-6-5-10(4-3-7-14)8-12(11)21(17,18)15-9-13(16)20-2/h5-6,8,15H,7,9,14H2,1-2H3. The predicted octanol–water partition coefficient (Wildman–Crippen LogP) is -0.543. The van der Waals surface area contributed by atoms with Gasteiger partial charge in [0.1, 0.15) is 17.2 Å². The van der Waals surface area contributed by atoms with E-state index in [-0.39, 0.29) is 17.2 Å². The fourth-order valence-electron chi connectivity index (χ4n) is 1.42. The molecule has 21 heavy (non-hydrogen) atoms. The van der Waals surface area contributed by atoms with Gasteiger partial charge in [0.25, 0.3) is 0 Å². The molecule has 0 aliphatic rings. The summed E-state index contributed by atoms with van der Waals surface area (Å²) in [4.78, 5) is 10.9. The van der Waals surface area contributed by atoms with Crippen molar-refractivity contribution in [3.8, 4) is 17.6 Å². The van der Waals surface area contributed by atoms with Gasteiger partial charge in [0.05, 0.1) is 20.8 Å². The summed E-state index contributed by atoms with van der Waals surface area (Å²) in [5.41, 5.74) is 5.74. The number of nitrogens with one attached hydrogen (secondary N) is 1. The van der Waals surface area contributed by atoms with Crippen molar-refractivity contribution in [2.75, 3.05) is 27.3 Å². The minimum absolute atomic E-state index is 0.113. The molecule has 0 heterocycles. The van der Waals surface area contributed by atoms with Crippen LogP contribution in [0.3, 0.4) is 0 Å². The molecule has 0 radical (unpaired) electrons. The third-order valence-electron chi connectivity index (χ3n) is 2.42. The molecule has 1 aromatic carbocycles. The average Bonchev–Trinajstić information content (AvgIpc) is 2.50. The van der Waals surface area contributed by atoms with Gasteiger partial charge in [-0.2, -0.15) is 4.72 Å². The Morgan fingerprint density at radius 1 is 1.38 bits per heavy atom. The molecule has 0 aliphatic heterocycles. The van der Waals surface area contributed by atoms with Crippen LogP contribution in [0.2, 0.25) is 0 Å². The molecule has 0 saturated heterocycles. The number of rotatable bonds is 5. The summed E-state index contributed by atoms with van der Waals surface area (Å²) in [7, 11) is -1.42. The largest absolute Gasteiger partial charge is 0.495 e. The highest BCUT2D eigenvalue weighted by Crippen LogP contribution is 2.24. The Balaban J connectivity index is 3.16. The van der Waals surface area contributed by atoms with Crippen LogP contribution >= 0.6 is 0 Å². The minimum atomic E-state index is -3.93. The molecule has 0 unspecified atom stereocenters. The number of nitrogens with two attached hydrogens (primary N) is 1. The summed E-state index contributed by atoms with van der Waals surface area (Å²) in [6, 6.07) is 4.44. The van der Waals surface area contributed by atoms with Gasteiger partial charge < -0.3 is 15.2 Å². The van der Waals surface area contributed by atoms with Crippen molar-refractivity contribution >= 4 is 16.0 Å². The SMILES string of the molecule is COC(=O)CNS(=O)(=O)c1cc(C#CCN)ccc1OC. The fraction of sp³-hybridized carbons (Fsp3) is 0.308. The third-order valence-corrected chi connectivity index (χ3v) is 3.84. The lowest BCUT2D eigenvalue weighted by Gasteiger charge is -2.10. The Labute approximate surface area is 123 Å². The van der Waals surface area contributed by atoms with E-state index in [2.05, 4.69) is 21.3 Å². The smallest absolute Gasteiger partial charge is 0.320 e. The van der Waals surface area contributed by atoms with Gasteiger partial charge in [-0.05, 0) is 18.2 Å². The predicted molar refractivity (Wildman–Crippen MR) is 76.1 cm³/mol. The van der Waals surface area contributed by atoms with Crippen LogP contribution in [0.25, 0.3) is 0 Å². The second kappa shape index (κ2) is 7.64. The van der Waals surface area contributed by atoms with Crippen molar-refractivity contribution in [3.63, 3.8) is 0 Å². The summed E-state index contributed by atoms with van der Waals surface area (Å²) in [5.74, 6) is 4.80. The molecule has 1 aromatic rings. The van der Waals surface area contributed by atoms with Crippen molar-refractivity contribution in [2.24, 2.45) is 5.73 Å². The molecular weight excluding hydrogens is 296 g/mol. The van der Waals surface area contributed by atoms with Crippen LogP contribution in [0.4, 0.5) is 0 Å². The van der Waals surface area contributed by atoms with Crippen LogP contribution in [0.5, 0.6) is 5.75 Å². The zero-order valence-corrected chi connectivity index (χ0v) is 12.5. The number of carbonyl (C=O) groups is 1. The van der Waals surface area contributed by atoms with Crippen molar-refractivity contribution < 1.29 is 22.7 Å². The Morgan fingerprint density at radius 2 is 2.10 bits per heavy atom. The lowest BCUT2D eigenvalue weighted by atomic mass is 10.2. The summed E-state index contributed by atoms with van der Waals surface area (Å²) in [6.07, 6.45) is 0. The van der Waals surface area contributed by atoms with Crippen LogP contribution in [0, 0.1) is 11.8 Å². The summed E-state index contributed by atoms with van der Waals surface area (Å²) < 4.78 is 35.9. The second-order valence-corrected chi connectivity index (χ2v) is 5.51. The zero-order valence-electron chi connectivity index (χ0n) is 11.7. The average molecular weight is 312 g/mol. The Bertz CT molecular complexity index is 674. The van der Waals surface area contributed by atoms with Crippen molar-refractivity contribution in [1.82, 2.24) is 4.72 Å². The van der Waals surface area contributed by atoms with Crippen LogP contribution in [-0.4, -0.2) is 41.7 Å². The van der Waals surface area contributed by atoms with Gasteiger partial charge in [-0.15, -0.1) is 0 Å². The number of methoxy groups -OCH3 is 2. The van der Waals surface area contributed by atoms with Gasteiger partial charge in [-0.3, -0.25) is 4.79 Å². The molecule has 7 nitrogen and oxygen atoms in total. The van der Waals surface area contributed by atoms with E-state index in [1.165, 1.54) is 26.4 Å². The van der Waals surface area contributed by atoms with Gasteiger partial charge >= 0.3 is 5.97 Å². The van der Waals surface area contributed by atoms with Gasteiger partial charge in [0, 0.05) is 5.56 Å². The third kappa shape index (κ3) is 4.75. The van der Waals surface area contributed by atoms with Crippen LogP contribution < -0.4 is 15.2 Å². The molecule has 8 heteroatoms. The normalized spacial score (nSPS) is 10.4. The quantitative estimate of drug-likeness (QED) is 0.558. The first-order valence-electron chi connectivity index (χ1n) is 5.88. The van der Waals surface area contributed by atoms with E-state index in [1.54, 1.807) is 6.07 Å². The van der Waals surface area contributed by atoms with Crippen molar-refractivity contribution in [2.45, 2.75) is 4.90 Å². The van der Waals surface area contributed by atoms with Gasteiger partial charge in [-0.1, -0.05) is 11.8 Å². The van der Waals surface area contributed by atoms with E-state index in [0.717, 1.165) is 0 Å². The van der Waals surface area contributed by atoms with Gasteiger partial charge in [0.2, 0.25) is 10.0 Å². The van der Waals surface area contributed by atoms with E-state index < -0.39 is 22.5 Å². The van der Waals surface area contributed by atoms with E-state index >= 15 is 0 Å². The zero-order chi connectivity index (χ0) is 15.9. The van der Waals surface area contributed by atoms with Gasteiger partial charge in [-0.25, -0.2) is 8.42 Å². The number of hydrogen-bond donors (Lipinski definition) is 2. The van der Waals surface area contributed by atoms with Gasteiger partial charge in [0.15, 0.2) is 0 Å². The fourth-order valence-corrected chi connectivity index (χ4v) is 2.58. The Kier molecular flexibility index (Phi) is 6.17. The second-order valence-electron chi connectivity index (χ2n) is 3.77. The van der Waals surface area contributed by atoms with E-state index in [1.807, 2.05) is 0 Å². The van der Waals surface area contributed by atoms with Crippen LogP contribution in [-0.2, 0) is 19.6 Å². The number of hydrogen-bond acceptors (Lipinski definition) is 6. The van der Waals surface area contributed by atoms with Crippen molar-refractivity contribution in [3.05, 3.63) is 23.8 Å². The van der Waals surface area contributed by atoms with E-state index in [9.17, 15) is 13.2 Å². The maximum atomic E-state index is 12.2. The lowest BCUT2D eigenvalue weighted by Crippen LogP contribution is -2.30. The number of carbonyl (C=O) groups excluding carboxylic acids is 1. The highest BCUT2D eigenvalue weighted by molar-refractivity contribution is 7.89. The lowest BCUT2D eigenvalue weighted by molar-refractivity contribution is -0.139. The molecule has 0 aliphatic carbocycles. The molecule has 0 fully saturated rings. The Morgan fingerprint density at radius 3 is 2.67 bits per heavy atom. The topological polar surface area (TPSA) is 108 Å². The minimum Gasteiger partial charge on any atom is -0.495 e. The summed E-state index contributed by atoms with van der Waals surface area (Å²) in [6.45, 7) is -0.310.